The Labute approximate surface area is 143 Å². The highest BCUT2D eigenvalue weighted by Gasteiger charge is 2.33. The van der Waals surface area contributed by atoms with E-state index in [1.54, 1.807) is 0 Å². The van der Waals surface area contributed by atoms with Crippen molar-refractivity contribution in [3.05, 3.63) is 53.3 Å². The molecule has 1 saturated heterocycles. The first-order chi connectivity index (χ1) is 11.6. The van der Waals surface area contributed by atoms with Crippen molar-refractivity contribution in [2.45, 2.75) is 31.7 Å². The van der Waals surface area contributed by atoms with Crippen molar-refractivity contribution < 1.29 is 9.53 Å². The molecule has 2 heterocycles. The Morgan fingerprint density at radius 3 is 2.58 bits per heavy atom. The first-order valence-electron chi connectivity index (χ1n) is 8.46. The van der Waals surface area contributed by atoms with E-state index in [-0.39, 0.29) is 12.0 Å². The molecule has 0 radical (unpaired) electrons. The highest BCUT2D eigenvalue weighted by Crippen LogP contribution is 2.33. The van der Waals surface area contributed by atoms with Crippen LogP contribution in [0.3, 0.4) is 0 Å². The number of nitrogens with zero attached hydrogens (tertiary/aromatic N) is 3. The molecular formula is C19H25N3O2. The van der Waals surface area contributed by atoms with E-state index in [1.807, 2.05) is 49.1 Å². The van der Waals surface area contributed by atoms with Crippen LogP contribution in [0.1, 0.15) is 41.5 Å². The Morgan fingerprint density at radius 2 is 2.00 bits per heavy atom. The summed E-state index contributed by atoms with van der Waals surface area (Å²) in [7, 11) is 3.42. The van der Waals surface area contributed by atoms with E-state index in [9.17, 15) is 4.79 Å². The second-order valence-electron chi connectivity index (χ2n) is 6.54. The number of carbonyl (C=O) groups excluding carboxylic acids is 1. The zero-order chi connectivity index (χ0) is 17.1. The second kappa shape index (κ2) is 7.18. The lowest BCUT2D eigenvalue weighted by molar-refractivity contribution is -0.147. The molecule has 1 aromatic carbocycles. The SMILES string of the molecule is COC(=O)C(c1ccccc1C)N1CCC(c2cnn(C)c2)CC1. The topological polar surface area (TPSA) is 47.4 Å². The molecule has 0 saturated carbocycles. The van der Waals surface area contributed by atoms with Gasteiger partial charge < -0.3 is 4.74 Å². The minimum absolute atomic E-state index is 0.177. The number of hydrogen-bond donors (Lipinski definition) is 0. The molecule has 3 rings (SSSR count). The molecule has 1 unspecified atom stereocenters. The number of aromatic nitrogens is 2. The normalized spacial score (nSPS) is 17.6. The number of piperidine rings is 1. The third-order valence-electron chi connectivity index (χ3n) is 5.00. The number of methoxy groups -OCH3 is 1. The van der Waals surface area contributed by atoms with Crippen molar-refractivity contribution in [1.29, 1.82) is 0 Å². The molecule has 24 heavy (non-hydrogen) atoms. The zero-order valence-corrected chi connectivity index (χ0v) is 14.6. The first kappa shape index (κ1) is 16.7. The predicted molar refractivity (Wildman–Crippen MR) is 92.7 cm³/mol. The van der Waals surface area contributed by atoms with Gasteiger partial charge in [0.05, 0.1) is 13.3 Å². The number of aryl methyl sites for hydroxylation is 2. The summed E-state index contributed by atoms with van der Waals surface area (Å²) in [4.78, 5) is 14.7. The first-order valence-corrected chi connectivity index (χ1v) is 8.46. The monoisotopic (exact) mass is 327 g/mol. The minimum atomic E-state index is -0.314. The maximum absolute atomic E-state index is 12.4. The van der Waals surface area contributed by atoms with Gasteiger partial charge in [-0.2, -0.15) is 5.10 Å². The van der Waals surface area contributed by atoms with Crippen LogP contribution in [0.4, 0.5) is 0 Å². The maximum atomic E-state index is 12.4. The summed E-state index contributed by atoms with van der Waals surface area (Å²) in [6.07, 6.45) is 6.12. The molecule has 1 fully saturated rings. The van der Waals surface area contributed by atoms with Crippen LogP contribution < -0.4 is 0 Å². The summed E-state index contributed by atoms with van der Waals surface area (Å²) in [6, 6.07) is 7.76. The molecular weight excluding hydrogens is 302 g/mol. The third kappa shape index (κ3) is 3.36. The second-order valence-corrected chi connectivity index (χ2v) is 6.54. The molecule has 1 aromatic heterocycles. The standard InChI is InChI=1S/C19H25N3O2/c1-14-6-4-5-7-17(14)18(19(23)24-3)22-10-8-15(9-11-22)16-12-20-21(2)13-16/h4-7,12-13,15,18H,8-11H2,1-3H3. The minimum Gasteiger partial charge on any atom is -0.468 e. The van der Waals surface area contributed by atoms with Crippen LogP contribution in [0.25, 0.3) is 0 Å². The number of benzene rings is 1. The van der Waals surface area contributed by atoms with Gasteiger partial charge >= 0.3 is 5.97 Å². The zero-order valence-electron chi connectivity index (χ0n) is 14.6. The van der Waals surface area contributed by atoms with Crippen LogP contribution in [0.15, 0.2) is 36.7 Å². The Balaban J connectivity index is 1.76. The van der Waals surface area contributed by atoms with Gasteiger partial charge in [-0.1, -0.05) is 24.3 Å². The highest BCUT2D eigenvalue weighted by atomic mass is 16.5. The lowest BCUT2D eigenvalue weighted by Crippen LogP contribution is -2.40. The lowest BCUT2D eigenvalue weighted by Gasteiger charge is -2.36. The van der Waals surface area contributed by atoms with Gasteiger partial charge in [0.25, 0.3) is 0 Å². The van der Waals surface area contributed by atoms with Crippen molar-refractivity contribution in [2.75, 3.05) is 20.2 Å². The Hall–Kier alpha value is -2.14. The fraction of sp³-hybridized carbons (Fsp3) is 0.474. The van der Waals surface area contributed by atoms with Crippen LogP contribution in [0.5, 0.6) is 0 Å². The summed E-state index contributed by atoms with van der Waals surface area (Å²) >= 11 is 0. The summed E-state index contributed by atoms with van der Waals surface area (Å²) in [5.74, 6) is 0.342. The van der Waals surface area contributed by atoms with E-state index in [2.05, 4.69) is 16.2 Å². The van der Waals surface area contributed by atoms with E-state index in [4.69, 9.17) is 4.74 Å². The predicted octanol–water partition coefficient (Wildman–Crippen LogP) is 2.82. The number of ether oxygens (including phenoxy) is 1. The largest absolute Gasteiger partial charge is 0.468 e. The Morgan fingerprint density at radius 1 is 1.29 bits per heavy atom. The molecule has 2 aromatic rings. The van der Waals surface area contributed by atoms with Gasteiger partial charge in [-0.3, -0.25) is 9.58 Å². The van der Waals surface area contributed by atoms with Crippen LogP contribution in [0.2, 0.25) is 0 Å². The number of carbonyl (C=O) groups is 1. The molecule has 1 aliphatic rings. The van der Waals surface area contributed by atoms with Crippen molar-refractivity contribution in [3.63, 3.8) is 0 Å². The van der Waals surface area contributed by atoms with Gasteiger partial charge in [0.1, 0.15) is 6.04 Å². The van der Waals surface area contributed by atoms with Crippen molar-refractivity contribution >= 4 is 5.97 Å². The Bertz CT molecular complexity index is 702. The third-order valence-corrected chi connectivity index (χ3v) is 5.00. The molecule has 1 aliphatic heterocycles. The van der Waals surface area contributed by atoms with E-state index < -0.39 is 0 Å². The van der Waals surface area contributed by atoms with Crippen LogP contribution in [-0.4, -0.2) is 40.8 Å². The maximum Gasteiger partial charge on any atom is 0.327 e. The highest BCUT2D eigenvalue weighted by molar-refractivity contribution is 5.78. The molecule has 0 bridgehead atoms. The number of rotatable bonds is 4. The average Bonchev–Trinajstić information content (AvgIpc) is 3.03. The van der Waals surface area contributed by atoms with Gasteiger partial charge in [0.2, 0.25) is 0 Å². The average molecular weight is 327 g/mol. The van der Waals surface area contributed by atoms with Crippen molar-refractivity contribution in [2.24, 2.45) is 7.05 Å². The number of esters is 1. The number of hydrogen-bond acceptors (Lipinski definition) is 4. The van der Waals surface area contributed by atoms with Gasteiger partial charge in [0.15, 0.2) is 0 Å². The lowest BCUT2D eigenvalue weighted by atomic mass is 9.89. The summed E-state index contributed by atoms with van der Waals surface area (Å²) < 4.78 is 6.95. The van der Waals surface area contributed by atoms with E-state index in [0.717, 1.165) is 37.1 Å². The van der Waals surface area contributed by atoms with E-state index in [0.29, 0.717) is 5.92 Å². The van der Waals surface area contributed by atoms with Crippen LogP contribution in [-0.2, 0) is 16.6 Å². The van der Waals surface area contributed by atoms with Crippen molar-refractivity contribution in [1.82, 2.24) is 14.7 Å². The molecule has 5 nitrogen and oxygen atoms in total. The molecule has 128 valence electrons. The van der Waals surface area contributed by atoms with Gasteiger partial charge in [-0.25, -0.2) is 4.79 Å². The molecule has 1 atom stereocenters. The fourth-order valence-corrected chi connectivity index (χ4v) is 3.62. The quantitative estimate of drug-likeness (QED) is 0.810. The summed E-state index contributed by atoms with van der Waals surface area (Å²) in [5.41, 5.74) is 3.47. The van der Waals surface area contributed by atoms with E-state index in [1.165, 1.54) is 12.7 Å². The fourth-order valence-electron chi connectivity index (χ4n) is 3.62. The molecule has 0 amide bonds. The van der Waals surface area contributed by atoms with Crippen LogP contribution in [0, 0.1) is 6.92 Å². The smallest absolute Gasteiger partial charge is 0.327 e. The summed E-state index contributed by atoms with van der Waals surface area (Å²) in [5, 5.41) is 4.28. The Kier molecular flexibility index (Phi) is 5.00. The molecule has 0 aliphatic carbocycles. The van der Waals surface area contributed by atoms with E-state index >= 15 is 0 Å². The van der Waals surface area contributed by atoms with Crippen LogP contribution >= 0.6 is 0 Å². The summed E-state index contributed by atoms with van der Waals surface area (Å²) in [6.45, 7) is 3.81. The van der Waals surface area contributed by atoms with Gasteiger partial charge in [-0.15, -0.1) is 0 Å². The molecule has 0 N–H and O–H groups in total. The van der Waals surface area contributed by atoms with Gasteiger partial charge in [0, 0.05) is 13.2 Å². The van der Waals surface area contributed by atoms with Gasteiger partial charge in [-0.05, 0) is 55.5 Å². The van der Waals surface area contributed by atoms with Crippen molar-refractivity contribution in [3.8, 4) is 0 Å². The molecule has 5 heteroatoms. The molecule has 0 spiro atoms. The number of likely N-dealkylation sites (tertiary alicyclic amines) is 1.